The van der Waals surface area contributed by atoms with Gasteiger partial charge in [0, 0.05) is 13.1 Å². The average molecular weight is 317 g/mol. The van der Waals surface area contributed by atoms with Crippen molar-refractivity contribution in [1.82, 2.24) is 14.9 Å². The highest BCUT2D eigenvalue weighted by Gasteiger charge is 2.21. The van der Waals surface area contributed by atoms with Gasteiger partial charge in [-0.1, -0.05) is 23.9 Å². The number of aromatic nitrogens is 2. The topological polar surface area (TPSA) is 55.3 Å². The molecule has 1 aliphatic rings. The number of benzene rings is 1. The number of hydrogen-bond acceptors (Lipinski definition) is 5. The van der Waals surface area contributed by atoms with Crippen LogP contribution in [-0.2, 0) is 9.53 Å². The summed E-state index contributed by atoms with van der Waals surface area (Å²) in [4.78, 5) is 23.3. The summed E-state index contributed by atoms with van der Waals surface area (Å²) < 4.78 is 5.47. The third-order valence-electron chi connectivity index (χ3n) is 3.63. The minimum absolute atomic E-state index is 0.116. The molecular weight excluding hydrogens is 298 g/mol. The molecule has 1 atom stereocenters. The summed E-state index contributed by atoms with van der Waals surface area (Å²) >= 11 is 1.46. The van der Waals surface area contributed by atoms with Gasteiger partial charge < -0.3 is 9.64 Å². The number of aryl methyl sites for hydroxylation is 1. The number of carbonyl (C=O) groups excluding carboxylic acids is 1. The Morgan fingerprint density at radius 2 is 2.09 bits per heavy atom. The summed E-state index contributed by atoms with van der Waals surface area (Å²) in [6.45, 7) is 5.88. The summed E-state index contributed by atoms with van der Waals surface area (Å²) in [5.41, 5.74) is 2.62. The van der Waals surface area contributed by atoms with Gasteiger partial charge in [-0.05, 0) is 26.0 Å². The van der Waals surface area contributed by atoms with Gasteiger partial charge in [0.15, 0.2) is 0 Å². The lowest BCUT2D eigenvalue weighted by molar-refractivity contribution is -0.135. The quantitative estimate of drug-likeness (QED) is 0.813. The lowest BCUT2D eigenvalue weighted by Crippen LogP contribution is -2.45. The van der Waals surface area contributed by atoms with E-state index in [0.717, 1.165) is 21.8 Å². The van der Waals surface area contributed by atoms with Crippen molar-refractivity contribution in [2.24, 2.45) is 0 Å². The van der Waals surface area contributed by atoms with E-state index in [1.54, 1.807) is 0 Å². The van der Waals surface area contributed by atoms with E-state index in [2.05, 4.69) is 9.97 Å². The highest BCUT2D eigenvalue weighted by Crippen LogP contribution is 2.22. The first-order valence-corrected chi connectivity index (χ1v) is 8.37. The van der Waals surface area contributed by atoms with Crippen molar-refractivity contribution >= 4 is 28.7 Å². The molecule has 0 saturated carbocycles. The number of amides is 1. The maximum Gasteiger partial charge on any atom is 0.233 e. The molecule has 0 unspecified atom stereocenters. The molecule has 1 amide bonds. The second kappa shape index (κ2) is 6.62. The van der Waals surface area contributed by atoms with E-state index in [1.165, 1.54) is 11.8 Å². The maximum absolute atomic E-state index is 12.3. The SMILES string of the molecule is Cc1nc2ccccc2nc1SCC(=O)N1CCO[C@H](C)C1. The van der Waals surface area contributed by atoms with Gasteiger partial charge in [-0.2, -0.15) is 0 Å². The molecule has 1 fully saturated rings. The van der Waals surface area contributed by atoms with E-state index in [9.17, 15) is 4.79 Å². The van der Waals surface area contributed by atoms with Crippen LogP contribution in [0.3, 0.4) is 0 Å². The highest BCUT2D eigenvalue weighted by atomic mass is 32.2. The number of ether oxygens (including phenoxy) is 1. The molecule has 3 rings (SSSR count). The van der Waals surface area contributed by atoms with Crippen LogP contribution in [0.2, 0.25) is 0 Å². The van der Waals surface area contributed by atoms with Crippen molar-refractivity contribution in [3.05, 3.63) is 30.0 Å². The zero-order chi connectivity index (χ0) is 15.5. The van der Waals surface area contributed by atoms with Crippen molar-refractivity contribution in [3.63, 3.8) is 0 Å². The zero-order valence-corrected chi connectivity index (χ0v) is 13.6. The third-order valence-corrected chi connectivity index (χ3v) is 4.68. The Hall–Kier alpha value is -1.66. The minimum atomic E-state index is 0.116. The maximum atomic E-state index is 12.3. The largest absolute Gasteiger partial charge is 0.375 e. The molecule has 2 heterocycles. The van der Waals surface area contributed by atoms with Gasteiger partial charge in [0.25, 0.3) is 0 Å². The molecule has 1 aromatic carbocycles. The van der Waals surface area contributed by atoms with E-state index >= 15 is 0 Å². The minimum Gasteiger partial charge on any atom is -0.375 e. The fourth-order valence-electron chi connectivity index (χ4n) is 2.48. The monoisotopic (exact) mass is 317 g/mol. The molecule has 1 aliphatic heterocycles. The first-order valence-electron chi connectivity index (χ1n) is 7.39. The summed E-state index contributed by atoms with van der Waals surface area (Å²) in [5.74, 6) is 0.523. The number of rotatable bonds is 3. The van der Waals surface area contributed by atoms with Gasteiger partial charge >= 0.3 is 0 Å². The lowest BCUT2D eigenvalue weighted by atomic mass is 10.3. The average Bonchev–Trinajstić information content (AvgIpc) is 2.52. The molecule has 0 N–H and O–H groups in total. The van der Waals surface area contributed by atoms with Crippen LogP contribution in [0.1, 0.15) is 12.6 Å². The first-order chi connectivity index (χ1) is 10.6. The van der Waals surface area contributed by atoms with E-state index < -0.39 is 0 Å². The molecule has 0 bridgehead atoms. The normalized spacial score (nSPS) is 18.6. The van der Waals surface area contributed by atoms with E-state index in [1.807, 2.05) is 43.0 Å². The second-order valence-corrected chi connectivity index (χ2v) is 6.38. The summed E-state index contributed by atoms with van der Waals surface area (Å²) in [6, 6.07) is 7.79. The molecule has 6 heteroatoms. The molecule has 116 valence electrons. The highest BCUT2D eigenvalue weighted by molar-refractivity contribution is 7.99. The Bertz CT molecular complexity index is 692. The Morgan fingerprint density at radius 3 is 2.82 bits per heavy atom. The van der Waals surface area contributed by atoms with Crippen molar-refractivity contribution in [3.8, 4) is 0 Å². The molecule has 0 spiro atoms. The number of morpholine rings is 1. The second-order valence-electron chi connectivity index (χ2n) is 5.41. The van der Waals surface area contributed by atoms with Gasteiger partial charge in [-0.25, -0.2) is 9.97 Å². The van der Waals surface area contributed by atoms with Gasteiger partial charge in [-0.15, -0.1) is 0 Å². The summed E-state index contributed by atoms with van der Waals surface area (Å²) in [5, 5.41) is 0.827. The smallest absolute Gasteiger partial charge is 0.233 e. The van der Waals surface area contributed by atoms with Crippen LogP contribution >= 0.6 is 11.8 Å². The van der Waals surface area contributed by atoms with Gasteiger partial charge in [0.2, 0.25) is 5.91 Å². The molecule has 2 aromatic rings. The van der Waals surface area contributed by atoms with Crippen molar-refractivity contribution in [2.75, 3.05) is 25.4 Å². The molecular formula is C16H19N3O2S. The number of nitrogens with zero attached hydrogens (tertiary/aromatic N) is 3. The number of para-hydroxylation sites is 2. The summed E-state index contributed by atoms with van der Waals surface area (Å²) in [7, 11) is 0. The van der Waals surface area contributed by atoms with E-state index in [4.69, 9.17) is 4.74 Å². The van der Waals surface area contributed by atoms with Crippen LogP contribution in [-0.4, -0.2) is 52.3 Å². The van der Waals surface area contributed by atoms with Crippen LogP contribution < -0.4 is 0 Å². The zero-order valence-electron chi connectivity index (χ0n) is 12.8. The van der Waals surface area contributed by atoms with Gasteiger partial charge in [0.1, 0.15) is 5.03 Å². The molecule has 1 aromatic heterocycles. The third kappa shape index (κ3) is 3.39. The van der Waals surface area contributed by atoms with E-state index in [0.29, 0.717) is 25.4 Å². The predicted octanol–water partition coefficient (Wildman–Crippen LogP) is 2.28. The fourth-order valence-corrected chi connectivity index (χ4v) is 3.34. The van der Waals surface area contributed by atoms with Crippen LogP contribution in [0.4, 0.5) is 0 Å². The van der Waals surface area contributed by atoms with Crippen molar-refractivity contribution in [2.45, 2.75) is 25.0 Å². The standard InChI is InChI=1S/C16H19N3O2S/c1-11-9-19(7-8-21-11)15(20)10-22-16-12(2)17-13-5-3-4-6-14(13)18-16/h3-6,11H,7-10H2,1-2H3/t11-/m1/s1. The Morgan fingerprint density at radius 1 is 1.36 bits per heavy atom. The van der Waals surface area contributed by atoms with Crippen LogP contribution in [0, 0.1) is 6.92 Å². The molecule has 5 nitrogen and oxygen atoms in total. The number of carbonyl (C=O) groups is 1. The van der Waals surface area contributed by atoms with Crippen LogP contribution in [0.5, 0.6) is 0 Å². The summed E-state index contributed by atoms with van der Waals surface area (Å²) in [6.07, 6.45) is 0.116. The molecule has 0 radical (unpaired) electrons. The van der Waals surface area contributed by atoms with Crippen molar-refractivity contribution < 1.29 is 9.53 Å². The van der Waals surface area contributed by atoms with Crippen LogP contribution in [0.25, 0.3) is 11.0 Å². The Balaban J connectivity index is 1.68. The number of thioether (sulfide) groups is 1. The Kier molecular flexibility index (Phi) is 4.59. The fraction of sp³-hybridized carbons (Fsp3) is 0.438. The molecule has 0 aliphatic carbocycles. The lowest BCUT2D eigenvalue weighted by Gasteiger charge is -2.31. The molecule has 1 saturated heterocycles. The van der Waals surface area contributed by atoms with Gasteiger partial charge in [-0.3, -0.25) is 4.79 Å². The molecule has 22 heavy (non-hydrogen) atoms. The Labute approximate surface area is 134 Å². The van der Waals surface area contributed by atoms with Crippen LogP contribution in [0.15, 0.2) is 29.3 Å². The van der Waals surface area contributed by atoms with Gasteiger partial charge in [0.05, 0.1) is 35.2 Å². The van der Waals surface area contributed by atoms with E-state index in [-0.39, 0.29) is 12.0 Å². The number of hydrogen-bond donors (Lipinski definition) is 0. The number of fused-ring (bicyclic) bond motifs is 1. The predicted molar refractivity (Wildman–Crippen MR) is 87.0 cm³/mol. The first kappa shape index (κ1) is 15.2. The van der Waals surface area contributed by atoms with Crippen molar-refractivity contribution in [1.29, 1.82) is 0 Å².